The van der Waals surface area contributed by atoms with Crippen molar-refractivity contribution in [3.8, 4) is 5.75 Å². The van der Waals surface area contributed by atoms with Gasteiger partial charge in [0.05, 0.1) is 0 Å². The van der Waals surface area contributed by atoms with Crippen LogP contribution in [0.2, 0.25) is 0 Å². The normalized spacial score (nSPS) is 14.2. The predicted molar refractivity (Wildman–Crippen MR) is 91.9 cm³/mol. The minimum absolute atomic E-state index is 0. The van der Waals surface area contributed by atoms with Crippen LogP contribution in [0.25, 0.3) is 5.76 Å². The maximum absolute atomic E-state index is 12.2. The Labute approximate surface area is 153 Å². The van der Waals surface area contributed by atoms with Gasteiger partial charge in [0, 0.05) is 11.1 Å². The molecule has 2 aromatic carbocycles. The van der Waals surface area contributed by atoms with Crippen LogP contribution in [0.15, 0.2) is 84.2 Å². The van der Waals surface area contributed by atoms with Crippen LogP contribution in [0.1, 0.15) is 16.7 Å². The fourth-order valence-electron chi connectivity index (χ4n) is 2.67. The summed E-state index contributed by atoms with van der Waals surface area (Å²) in [5.41, 5.74) is 3.68. The van der Waals surface area contributed by atoms with E-state index in [1.807, 2.05) is 80.6 Å². The van der Waals surface area contributed by atoms with Crippen molar-refractivity contribution in [3.05, 3.63) is 101 Å². The van der Waals surface area contributed by atoms with Crippen molar-refractivity contribution in [2.45, 2.75) is 13.8 Å². The van der Waals surface area contributed by atoms with Crippen LogP contribution in [0.4, 0.5) is 0 Å². The van der Waals surface area contributed by atoms with E-state index in [1.54, 1.807) is 6.08 Å². The average Bonchev–Trinajstić information content (AvgIpc) is 3.22. The van der Waals surface area contributed by atoms with E-state index in [0.29, 0.717) is 17.1 Å². The number of aryl methyl sites for hydroxylation is 2. The molecule has 24 heavy (non-hydrogen) atoms. The van der Waals surface area contributed by atoms with Gasteiger partial charge in [-0.2, -0.15) is 18.2 Å². The number of fused-ring (bicyclic) bond motifs is 1. The Hall–Kier alpha value is -2.35. The Morgan fingerprint density at radius 2 is 1.67 bits per heavy atom. The molecule has 0 N–H and O–H groups in total. The van der Waals surface area contributed by atoms with Crippen LogP contribution in [-0.4, -0.2) is 0 Å². The SMILES string of the molecule is Cc1cc(C)c2c(c1)OC(=C1C=CC=C1)C=C2[O-].[Fe+2].c1cc[cH-]c1. The fourth-order valence-corrected chi connectivity index (χ4v) is 2.67. The van der Waals surface area contributed by atoms with Gasteiger partial charge in [-0.05, 0) is 37.1 Å². The Morgan fingerprint density at radius 3 is 2.25 bits per heavy atom. The molecule has 2 aliphatic rings. The molecular formula is C21H18FeO2. The Morgan fingerprint density at radius 1 is 1.00 bits per heavy atom. The van der Waals surface area contributed by atoms with Gasteiger partial charge in [-0.3, -0.25) is 0 Å². The van der Waals surface area contributed by atoms with E-state index in [1.165, 1.54) is 0 Å². The Kier molecular flexibility index (Phi) is 5.97. The largest absolute Gasteiger partial charge is 2.00 e. The van der Waals surface area contributed by atoms with Crippen LogP contribution in [-0.2, 0) is 17.1 Å². The third kappa shape index (κ3) is 3.94. The van der Waals surface area contributed by atoms with Gasteiger partial charge in [0.2, 0.25) is 0 Å². The molecule has 0 amide bonds. The molecule has 1 aliphatic heterocycles. The van der Waals surface area contributed by atoms with E-state index in [2.05, 4.69) is 0 Å². The third-order valence-corrected chi connectivity index (χ3v) is 3.67. The first kappa shape index (κ1) is 18.0. The van der Waals surface area contributed by atoms with Crippen molar-refractivity contribution in [2.75, 3.05) is 0 Å². The first-order valence-corrected chi connectivity index (χ1v) is 7.59. The molecule has 122 valence electrons. The molecule has 0 radical (unpaired) electrons. The molecule has 2 aromatic rings. The number of rotatable bonds is 0. The van der Waals surface area contributed by atoms with Crippen molar-refractivity contribution in [1.82, 2.24) is 0 Å². The first-order valence-electron chi connectivity index (χ1n) is 7.59. The zero-order valence-electron chi connectivity index (χ0n) is 13.6. The third-order valence-electron chi connectivity index (χ3n) is 3.67. The van der Waals surface area contributed by atoms with Crippen molar-refractivity contribution in [3.63, 3.8) is 0 Å². The van der Waals surface area contributed by atoms with E-state index in [4.69, 9.17) is 4.74 Å². The van der Waals surface area contributed by atoms with Crippen LogP contribution >= 0.6 is 0 Å². The summed E-state index contributed by atoms with van der Waals surface area (Å²) < 4.78 is 5.85. The molecule has 0 fully saturated rings. The van der Waals surface area contributed by atoms with Gasteiger partial charge in [0.25, 0.3) is 0 Å². The summed E-state index contributed by atoms with van der Waals surface area (Å²) in [5.74, 6) is 1.31. The summed E-state index contributed by atoms with van der Waals surface area (Å²) in [5, 5.41) is 12.2. The van der Waals surface area contributed by atoms with E-state index in [-0.39, 0.29) is 22.8 Å². The number of ether oxygens (including phenoxy) is 1. The molecule has 0 spiro atoms. The summed E-state index contributed by atoms with van der Waals surface area (Å²) in [6.07, 6.45) is 9.31. The quantitative estimate of drug-likeness (QED) is 0.523. The van der Waals surface area contributed by atoms with Crippen LogP contribution in [0.3, 0.4) is 0 Å². The van der Waals surface area contributed by atoms with Crippen molar-refractivity contribution >= 4 is 5.76 Å². The molecule has 0 atom stereocenters. The van der Waals surface area contributed by atoms with Gasteiger partial charge >= 0.3 is 17.1 Å². The molecule has 0 saturated carbocycles. The molecular weight excluding hydrogens is 340 g/mol. The van der Waals surface area contributed by atoms with Gasteiger partial charge in [-0.25, -0.2) is 12.1 Å². The summed E-state index contributed by atoms with van der Waals surface area (Å²) in [4.78, 5) is 0. The topological polar surface area (TPSA) is 32.3 Å². The van der Waals surface area contributed by atoms with Gasteiger partial charge < -0.3 is 9.84 Å². The van der Waals surface area contributed by atoms with Crippen molar-refractivity contribution in [1.29, 1.82) is 0 Å². The molecule has 0 unspecified atom stereocenters. The Bertz CT molecular complexity index is 791. The minimum atomic E-state index is 0. The maximum atomic E-state index is 12.2. The van der Waals surface area contributed by atoms with Gasteiger partial charge in [0.15, 0.2) is 0 Å². The van der Waals surface area contributed by atoms with Crippen molar-refractivity contribution in [2.24, 2.45) is 0 Å². The fraction of sp³-hybridized carbons (Fsp3) is 0.0952. The second kappa shape index (κ2) is 7.96. The summed E-state index contributed by atoms with van der Waals surface area (Å²) in [6, 6.07) is 13.9. The molecule has 3 heteroatoms. The van der Waals surface area contributed by atoms with E-state index >= 15 is 0 Å². The summed E-state index contributed by atoms with van der Waals surface area (Å²) in [6.45, 7) is 3.94. The van der Waals surface area contributed by atoms with Gasteiger partial charge in [0.1, 0.15) is 11.5 Å². The predicted octanol–water partition coefficient (Wildman–Crippen LogP) is 4.18. The van der Waals surface area contributed by atoms with Gasteiger partial charge in [-0.1, -0.05) is 36.1 Å². The molecule has 1 heterocycles. The van der Waals surface area contributed by atoms with E-state index in [0.717, 1.165) is 16.7 Å². The van der Waals surface area contributed by atoms with E-state index in [9.17, 15) is 5.11 Å². The minimum Gasteiger partial charge on any atom is -0.872 e. The van der Waals surface area contributed by atoms with Crippen molar-refractivity contribution < 1.29 is 26.9 Å². The second-order valence-electron chi connectivity index (χ2n) is 5.57. The summed E-state index contributed by atoms with van der Waals surface area (Å²) in [7, 11) is 0. The molecule has 2 nitrogen and oxygen atoms in total. The standard InChI is InChI=1S/C16H14O2.C5H5.Fe/c1-10-7-11(2)16-13(17)9-14(18-15(16)8-10)12-5-3-4-6-12;1-2-4-5-3-1;/h3-9,17H,1-2H3;1-5H;/q;-1;+2/p-1. The van der Waals surface area contributed by atoms with Crippen LogP contribution in [0.5, 0.6) is 5.75 Å². The monoisotopic (exact) mass is 358 g/mol. The molecule has 0 aromatic heterocycles. The summed E-state index contributed by atoms with van der Waals surface area (Å²) >= 11 is 0. The smallest absolute Gasteiger partial charge is 0.872 e. The Balaban J connectivity index is 0.000000300. The average molecular weight is 358 g/mol. The molecule has 0 bridgehead atoms. The zero-order valence-corrected chi connectivity index (χ0v) is 14.7. The maximum Gasteiger partial charge on any atom is 2.00 e. The van der Waals surface area contributed by atoms with Crippen LogP contribution < -0.4 is 9.84 Å². The van der Waals surface area contributed by atoms with E-state index < -0.39 is 0 Å². The number of hydrogen-bond donors (Lipinski definition) is 0. The molecule has 1 aliphatic carbocycles. The second-order valence-corrected chi connectivity index (χ2v) is 5.57. The number of benzene rings is 1. The number of hydrogen-bond acceptors (Lipinski definition) is 2. The van der Waals surface area contributed by atoms with Gasteiger partial charge in [-0.15, -0.1) is 0 Å². The zero-order chi connectivity index (χ0) is 16.2. The van der Waals surface area contributed by atoms with Crippen LogP contribution in [0, 0.1) is 13.8 Å². The first-order chi connectivity index (χ1) is 11.1. The molecule has 0 saturated heterocycles. The number of allylic oxidation sites excluding steroid dienone is 6. The molecule has 4 rings (SSSR count).